The maximum absolute atomic E-state index is 12.8. The van der Waals surface area contributed by atoms with Crippen LogP contribution in [0.3, 0.4) is 0 Å². The third kappa shape index (κ3) is 3.17. The van der Waals surface area contributed by atoms with Gasteiger partial charge in [0, 0.05) is 18.0 Å². The summed E-state index contributed by atoms with van der Waals surface area (Å²) in [4.78, 5) is 11.3. The summed E-state index contributed by atoms with van der Waals surface area (Å²) >= 11 is 0. The first-order chi connectivity index (χ1) is 11.7. The summed E-state index contributed by atoms with van der Waals surface area (Å²) in [5.41, 5.74) is 0.230. The minimum absolute atomic E-state index is 0.00412. The molecule has 0 N–H and O–H groups in total. The van der Waals surface area contributed by atoms with Crippen molar-refractivity contribution in [1.82, 2.24) is 3.97 Å². The standard InChI is InChI=1S/C17H12F3NO3S/c18-17(19,20)16(22)10-12-11-21(15-9-5-4-8-14(12)15)25(23,24)13-6-2-1-3-7-13/h1-9,11H,10H2. The number of benzene rings is 2. The van der Waals surface area contributed by atoms with Crippen molar-refractivity contribution in [2.45, 2.75) is 17.5 Å². The summed E-state index contributed by atoms with van der Waals surface area (Å²) in [7, 11) is -3.99. The smallest absolute Gasteiger partial charge is 0.289 e. The van der Waals surface area contributed by atoms with Gasteiger partial charge in [0.1, 0.15) is 0 Å². The van der Waals surface area contributed by atoms with Gasteiger partial charge in [0.15, 0.2) is 0 Å². The number of hydrogen-bond acceptors (Lipinski definition) is 3. The molecule has 0 saturated carbocycles. The molecule has 8 heteroatoms. The zero-order valence-electron chi connectivity index (χ0n) is 12.7. The fraction of sp³-hybridized carbons (Fsp3) is 0.118. The Balaban J connectivity index is 2.17. The van der Waals surface area contributed by atoms with Crippen LogP contribution in [0.5, 0.6) is 0 Å². The van der Waals surface area contributed by atoms with Crippen molar-refractivity contribution in [3.8, 4) is 0 Å². The Bertz CT molecular complexity index is 1040. The van der Waals surface area contributed by atoms with Gasteiger partial charge in [-0.2, -0.15) is 13.2 Å². The van der Waals surface area contributed by atoms with Gasteiger partial charge in [-0.25, -0.2) is 12.4 Å². The number of aromatic nitrogens is 1. The Morgan fingerprint density at radius 2 is 1.56 bits per heavy atom. The van der Waals surface area contributed by atoms with Crippen molar-refractivity contribution in [1.29, 1.82) is 0 Å². The van der Waals surface area contributed by atoms with E-state index in [1.54, 1.807) is 30.3 Å². The lowest BCUT2D eigenvalue weighted by Crippen LogP contribution is -2.24. The molecule has 1 aromatic heterocycles. The topological polar surface area (TPSA) is 56.1 Å². The van der Waals surface area contributed by atoms with Gasteiger partial charge in [-0.15, -0.1) is 0 Å². The van der Waals surface area contributed by atoms with E-state index in [2.05, 4.69) is 0 Å². The molecule has 0 atom stereocenters. The van der Waals surface area contributed by atoms with Crippen molar-refractivity contribution >= 4 is 26.7 Å². The number of para-hydroxylation sites is 1. The van der Waals surface area contributed by atoms with Crippen LogP contribution in [0.25, 0.3) is 10.9 Å². The van der Waals surface area contributed by atoms with E-state index < -0.39 is 28.4 Å². The molecule has 0 aliphatic heterocycles. The summed E-state index contributed by atoms with van der Waals surface area (Å²) in [5.74, 6) is -1.92. The van der Waals surface area contributed by atoms with Gasteiger partial charge in [0.25, 0.3) is 10.0 Å². The zero-order chi connectivity index (χ0) is 18.2. The van der Waals surface area contributed by atoms with Gasteiger partial charge < -0.3 is 0 Å². The van der Waals surface area contributed by atoms with Crippen LogP contribution in [0.4, 0.5) is 13.2 Å². The van der Waals surface area contributed by atoms with Gasteiger partial charge in [-0.05, 0) is 23.8 Å². The lowest BCUT2D eigenvalue weighted by atomic mass is 10.1. The maximum atomic E-state index is 12.8. The molecule has 3 rings (SSSR count). The molecular formula is C17H12F3NO3S. The van der Waals surface area contributed by atoms with E-state index in [1.165, 1.54) is 24.3 Å². The highest BCUT2D eigenvalue weighted by Gasteiger charge is 2.38. The van der Waals surface area contributed by atoms with Crippen molar-refractivity contribution in [3.63, 3.8) is 0 Å². The highest BCUT2D eigenvalue weighted by Crippen LogP contribution is 2.28. The van der Waals surface area contributed by atoms with Gasteiger partial charge in [0.2, 0.25) is 5.78 Å². The SMILES string of the molecule is O=C(Cc1cn(S(=O)(=O)c2ccccc2)c2ccccc12)C(F)(F)F. The molecule has 0 bridgehead atoms. The summed E-state index contributed by atoms with van der Waals surface area (Å²) in [6, 6.07) is 13.7. The largest absolute Gasteiger partial charge is 0.450 e. The number of rotatable bonds is 4. The third-order valence-electron chi connectivity index (χ3n) is 3.73. The molecule has 3 aromatic rings. The number of alkyl halides is 3. The molecule has 2 aromatic carbocycles. The second kappa shape index (κ2) is 6.03. The molecule has 0 spiro atoms. The van der Waals surface area contributed by atoms with Crippen molar-refractivity contribution in [2.24, 2.45) is 0 Å². The first-order valence-corrected chi connectivity index (χ1v) is 8.65. The molecular weight excluding hydrogens is 355 g/mol. The lowest BCUT2D eigenvalue weighted by molar-refractivity contribution is -0.170. The van der Waals surface area contributed by atoms with E-state index >= 15 is 0 Å². The Labute approximate surface area is 141 Å². The first kappa shape index (κ1) is 17.2. The van der Waals surface area contributed by atoms with Gasteiger partial charge in [-0.1, -0.05) is 36.4 Å². The highest BCUT2D eigenvalue weighted by atomic mass is 32.2. The molecule has 1 heterocycles. The van der Waals surface area contributed by atoms with E-state index in [0.717, 1.165) is 10.2 Å². The van der Waals surface area contributed by atoms with E-state index in [4.69, 9.17) is 0 Å². The predicted octanol–water partition coefficient (Wildman–Crippen LogP) is 3.55. The van der Waals surface area contributed by atoms with Crippen molar-refractivity contribution in [2.75, 3.05) is 0 Å². The lowest BCUT2D eigenvalue weighted by Gasteiger charge is -2.07. The Morgan fingerprint density at radius 3 is 2.20 bits per heavy atom. The van der Waals surface area contributed by atoms with Crippen molar-refractivity contribution < 1.29 is 26.4 Å². The Kier molecular flexibility index (Phi) is 4.16. The normalized spacial score (nSPS) is 12.4. The molecule has 0 amide bonds. The van der Waals surface area contributed by atoms with Gasteiger partial charge in [-0.3, -0.25) is 4.79 Å². The summed E-state index contributed by atoms with van der Waals surface area (Å²) in [5, 5.41) is 0.291. The Hall–Kier alpha value is -2.61. The minimum Gasteiger partial charge on any atom is -0.289 e. The maximum Gasteiger partial charge on any atom is 0.450 e. The molecule has 130 valence electrons. The van der Waals surface area contributed by atoms with Crippen LogP contribution >= 0.6 is 0 Å². The van der Waals surface area contributed by atoms with Crippen LogP contribution in [-0.4, -0.2) is 24.3 Å². The molecule has 0 aliphatic carbocycles. The zero-order valence-corrected chi connectivity index (χ0v) is 13.5. The molecule has 0 aliphatic rings. The average molecular weight is 367 g/mol. The fourth-order valence-corrected chi connectivity index (χ4v) is 3.95. The molecule has 0 radical (unpaired) electrons. The van der Waals surface area contributed by atoms with Crippen LogP contribution in [0.1, 0.15) is 5.56 Å². The van der Waals surface area contributed by atoms with E-state index in [9.17, 15) is 26.4 Å². The van der Waals surface area contributed by atoms with Crippen LogP contribution in [0.15, 0.2) is 65.7 Å². The Morgan fingerprint density at radius 1 is 0.960 bits per heavy atom. The molecule has 25 heavy (non-hydrogen) atoms. The van der Waals surface area contributed by atoms with Crippen LogP contribution < -0.4 is 0 Å². The number of halogens is 3. The second-order valence-electron chi connectivity index (χ2n) is 5.38. The van der Waals surface area contributed by atoms with Crippen LogP contribution in [-0.2, 0) is 21.2 Å². The quantitative estimate of drug-likeness (QED) is 0.709. The molecule has 0 fully saturated rings. The number of fused-ring (bicyclic) bond motifs is 1. The highest BCUT2D eigenvalue weighted by molar-refractivity contribution is 7.90. The molecule has 0 saturated heterocycles. The summed E-state index contributed by atoms with van der Waals surface area (Å²) in [6.07, 6.45) is -4.81. The predicted molar refractivity (Wildman–Crippen MR) is 85.7 cm³/mol. The third-order valence-corrected chi connectivity index (χ3v) is 5.42. The van der Waals surface area contributed by atoms with E-state index in [-0.39, 0.29) is 16.0 Å². The first-order valence-electron chi connectivity index (χ1n) is 7.21. The molecule has 4 nitrogen and oxygen atoms in total. The molecule has 0 unspecified atom stereocenters. The number of nitrogens with zero attached hydrogens (tertiary/aromatic N) is 1. The van der Waals surface area contributed by atoms with Crippen LogP contribution in [0, 0.1) is 0 Å². The second-order valence-corrected chi connectivity index (χ2v) is 7.20. The average Bonchev–Trinajstić information content (AvgIpc) is 2.94. The fourth-order valence-electron chi connectivity index (χ4n) is 2.54. The number of carbonyl (C=O) groups is 1. The number of Topliss-reactive ketones (excluding diaryl/α,β-unsaturated/α-hetero) is 1. The number of hydrogen-bond donors (Lipinski definition) is 0. The van der Waals surface area contributed by atoms with E-state index in [1.807, 2.05) is 0 Å². The van der Waals surface area contributed by atoms with E-state index in [0.29, 0.717) is 5.39 Å². The number of carbonyl (C=O) groups excluding carboxylic acids is 1. The monoisotopic (exact) mass is 367 g/mol. The minimum atomic E-state index is -4.97. The summed E-state index contributed by atoms with van der Waals surface area (Å²) < 4.78 is 64.2. The van der Waals surface area contributed by atoms with Crippen molar-refractivity contribution in [3.05, 3.63) is 66.4 Å². The number of ketones is 1. The van der Waals surface area contributed by atoms with Gasteiger partial charge in [0.05, 0.1) is 10.4 Å². The summed E-state index contributed by atoms with van der Waals surface area (Å²) in [6.45, 7) is 0. The van der Waals surface area contributed by atoms with Crippen LogP contribution in [0.2, 0.25) is 0 Å². The van der Waals surface area contributed by atoms with Gasteiger partial charge >= 0.3 is 6.18 Å².